The van der Waals surface area contributed by atoms with E-state index in [-0.39, 0.29) is 11.6 Å². The van der Waals surface area contributed by atoms with Crippen molar-refractivity contribution in [3.05, 3.63) is 34.4 Å². The van der Waals surface area contributed by atoms with E-state index >= 15 is 0 Å². The van der Waals surface area contributed by atoms with Crippen LogP contribution in [0, 0.1) is 0 Å². The number of carbonyl (C=O) groups excluding carboxylic acids is 3. The molecule has 1 aliphatic heterocycles. The molecule has 24 heavy (non-hydrogen) atoms. The maximum atomic E-state index is 12.7. The van der Waals surface area contributed by atoms with Gasteiger partial charge in [0, 0.05) is 16.6 Å². The van der Waals surface area contributed by atoms with Crippen LogP contribution in [0.2, 0.25) is 5.02 Å². The third-order valence-electron chi connectivity index (χ3n) is 4.31. The normalized spacial score (nSPS) is 20.7. The lowest BCUT2D eigenvalue weighted by Gasteiger charge is -2.31. The highest BCUT2D eigenvalue weighted by atomic mass is 35.5. The average Bonchev–Trinajstić information content (AvgIpc) is 3.05. The highest BCUT2D eigenvalue weighted by molar-refractivity contribution is 6.32. The quantitative estimate of drug-likeness (QED) is 0.673. The number of halogens is 1. The summed E-state index contributed by atoms with van der Waals surface area (Å²) < 4.78 is 5.23. The summed E-state index contributed by atoms with van der Waals surface area (Å²) in [4.78, 5) is 38.1. The molecule has 0 spiro atoms. The number of ether oxygens (including phenoxy) is 1. The molecule has 0 radical (unpaired) electrons. The van der Waals surface area contributed by atoms with Crippen molar-refractivity contribution in [2.45, 2.75) is 31.7 Å². The van der Waals surface area contributed by atoms with Gasteiger partial charge in [-0.05, 0) is 37.1 Å². The average molecular weight is 349 g/mol. The van der Waals surface area contributed by atoms with Gasteiger partial charge in [0.25, 0.3) is 11.8 Å². The third-order valence-corrected chi connectivity index (χ3v) is 4.55. The highest BCUT2D eigenvalue weighted by Crippen LogP contribution is 2.29. The monoisotopic (exact) mass is 348 g/mol. The second kappa shape index (κ2) is 6.65. The first-order valence-corrected chi connectivity index (χ1v) is 8.13. The van der Waals surface area contributed by atoms with Gasteiger partial charge in [0.1, 0.15) is 11.3 Å². The van der Waals surface area contributed by atoms with Gasteiger partial charge in [-0.1, -0.05) is 24.4 Å². The summed E-state index contributed by atoms with van der Waals surface area (Å²) in [7, 11) is 1.49. The minimum Gasteiger partial charge on any atom is -0.496 e. The predicted molar refractivity (Wildman–Crippen MR) is 88.6 cm³/mol. The lowest BCUT2D eigenvalue weighted by molar-refractivity contribution is -0.131. The van der Waals surface area contributed by atoms with Crippen LogP contribution in [0.3, 0.4) is 0 Å². The van der Waals surface area contributed by atoms with Gasteiger partial charge in [-0.15, -0.1) is 0 Å². The minimum atomic E-state index is -0.707. The Bertz CT molecular complexity index is 738. The Morgan fingerprint density at radius 1 is 1.25 bits per heavy atom. The fraction of sp³-hybridized carbons (Fsp3) is 0.353. The number of benzene rings is 1. The molecule has 0 unspecified atom stereocenters. The first kappa shape index (κ1) is 16.5. The van der Waals surface area contributed by atoms with E-state index in [1.54, 1.807) is 18.2 Å². The first-order valence-electron chi connectivity index (χ1n) is 7.75. The maximum absolute atomic E-state index is 12.7. The van der Waals surface area contributed by atoms with Gasteiger partial charge in [0.2, 0.25) is 0 Å². The van der Waals surface area contributed by atoms with Crippen molar-refractivity contribution in [3.63, 3.8) is 0 Å². The molecule has 1 aromatic rings. The van der Waals surface area contributed by atoms with Crippen LogP contribution in [-0.4, -0.2) is 35.9 Å². The number of rotatable bonds is 3. The molecule has 1 heterocycles. The van der Waals surface area contributed by atoms with Crippen molar-refractivity contribution in [2.75, 3.05) is 7.11 Å². The number of hydrogen-bond acceptors (Lipinski definition) is 4. The van der Waals surface area contributed by atoms with Crippen molar-refractivity contribution in [2.24, 2.45) is 0 Å². The van der Waals surface area contributed by atoms with Crippen LogP contribution in [-0.2, 0) is 9.59 Å². The molecule has 0 aromatic heterocycles. The van der Waals surface area contributed by atoms with E-state index in [9.17, 15) is 14.4 Å². The van der Waals surface area contributed by atoms with E-state index in [1.807, 2.05) is 0 Å². The number of methoxy groups -OCH3 is 1. The van der Waals surface area contributed by atoms with Gasteiger partial charge in [-0.25, -0.2) is 4.79 Å². The van der Waals surface area contributed by atoms with Crippen LogP contribution in [0.4, 0.5) is 4.79 Å². The van der Waals surface area contributed by atoms with Gasteiger partial charge in [0.05, 0.1) is 7.11 Å². The zero-order valence-electron chi connectivity index (χ0n) is 13.2. The number of urea groups is 1. The van der Waals surface area contributed by atoms with Crippen LogP contribution in [0.15, 0.2) is 23.8 Å². The molecule has 6 nitrogen and oxygen atoms in total. The van der Waals surface area contributed by atoms with E-state index < -0.39 is 17.8 Å². The topological polar surface area (TPSA) is 75.7 Å². The fourth-order valence-electron chi connectivity index (χ4n) is 3.14. The Hall–Kier alpha value is -2.34. The summed E-state index contributed by atoms with van der Waals surface area (Å²) in [5.74, 6) is -0.796. The molecule has 1 N–H and O–H groups in total. The van der Waals surface area contributed by atoms with E-state index in [4.69, 9.17) is 16.3 Å². The number of imide groups is 2. The Morgan fingerprint density at radius 2 is 1.96 bits per heavy atom. The van der Waals surface area contributed by atoms with Crippen molar-refractivity contribution in [1.29, 1.82) is 0 Å². The van der Waals surface area contributed by atoms with E-state index in [0.717, 1.165) is 30.6 Å². The molecule has 1 saturated heterocycles. The summed E-state index contributed by atoms with van der Waals surface area (Å²) in [6, 6.07) is 4.10. The Labute approximate surface area is 144 Å². The van der Waals surface area contributed by atoms with Crippen LogP contribution in [0.5, 0.6) is 5.75 Å². The number of carbonyl (C=O) groups is 3. The third kappa shape index (κ3) is 3.01. The largest absolute Gasteiger partial charge is 0.496 e. The zero-order valence-corrected chi connectivity index (χ0v) is 13.9. The number of nitrogens with one attached hydrogen (secondary N) is 1. The van der Waals surface area contributed by atoms with Gasteiger partial charge in [-0.3, -0.25) is 19.8 Å². The summed E-state index contributed by atoms with van der Waals surface area (Å²) in [5, 5.41) is 2.70. The number of barbiturate groups is 1. The van der Waals surface area contributed by atoms with Crippen molar-refractivity contribution in [1.82, 2.24) is 10.2 Å². The summed E-state index contributed by atoms with van der Waals surface area (Å²) >= 11 is 5.98. The van der Waals surface area contributed by atoms with Crippen molar-refractivity contribution < 1.29 is 19.1 Å². The first-order chi connectivity index (χ1) is 11.5. The number of hydrogen-bond donors (Lipinski definition) is 1. The molecule has 0 bridgehead atoms. The summed E-state index contributed by atoms with van der Waals surface area (Å²) in [5.41, 5.74) is 0.409. The second-order valence-corrected chi connectivity index (χ2v) is 6.25. The molecule has 4 amide bonds. The maximum Gasteiger partial charge on any atom is 0.331 e. The lowest BCUT2D eigenvalue weighted by Crippen LogP contribution is -2.57. The molecule has 7 heteroatoms. The smallest absolute Gasteiger partial charge is 0.331 e. The zero-order chi connectivity index (χ0) is 17.3. The lowest BCUT2D eigenvalue weighted by atomic mass is 10.0. The second-order valence-electron chi connectivity index (χ2n) is 5.82. The molecule has 1 aromatic carbocycles. The molecule has 2 aliphatic rings. The van der Waals surface area contributed by atoms with Gasteiger partial charge >= 0.3 is 6.03 Å². The molecule has 126 valence electrons. The Balaban J connectivity index is 1.99. The standard InChI is InChI=1S/C17H17ClN2O4/c1-24-14-7-6-11(18)8-10(14)9-13-15(21)19-17(23)20(16(13)22)12-4-2-3-5-12/h6-9,12H,2-5H2,1H3,(H,19,21,23)/b13-9+. The number of amides is 4. The van der Waals surface area contributed by atoms with Crippen molar-refractivity contribution >= 4 is 35.5 Å². The Kier molecular flexibility index (Phi) is 4.57. The predicted octanol–water partition coefficient (Wildman–Crippen LogP) is 2.75. The Morgan fingerprint density at radius 3 is 2.62 bits per heavy atom. The molecule has 0 atom stereocenters. The van der Waals surface area contributed by atoms with E-state index in [2.05, 4.69) is 5.32 Å². The fourth-order valence-corrected chi connectivity index (χ4v) is 3.32. The van der Waals surface area contributed by atoms with Gasteiger partial charge in [-0.2, -0.15) is 0 Å². The molecular formula is C17H17ClN2O4. The summed E-state index contributed by atoms with van der Waals surface area (Å²) in [6.45, 7) is 0. The molecule has 1 saturated carbocycles. The number of nitrogens with zero attached hydrogens (tertiary/aromatic N) is 1. The van der Waals surface area contributed by atoms with Crippen molar-refractivity contribution in [3.8, 4) is 5.75 Å². The van der Waals surface area contributed by atoms with Gasteiger partial charge < -0.3 is 4.74 Å². The van der Waals surface area contributed by atoms with Crippen LogP contribution >= 0.6 is 11.6 Å². The minimum absolute atomic E-state index is 0.0953. The molecule has 2 fully saturated rings. The molecule has 1 aliphatic carbocycles. The van der Waals surface area contributed by atoms with Gasteiger partial charge in [0.15, 0.2) is 0 Å². The van der Waals surface area contributed by atoms with Crippen LogP contribution in [0.25, 0.3) is 6.08 Å². The van der Waals surface area contributed by atoms with Crippen LogP contribution < -0.4 is 10.1 Å². The SMILES string of the molecule is COc1ccc(Cl)cc1/C=C1\C(=O)NC(=O)N(C2CCCC2)C1=O. The van der Waals surface area contributed by atoms with Crippen LogP contribution in [0.1, 0.15) is 31.2 Å². The highest BCUT2D eigenvalue weighted by Gasteiger charge is 2.40. The summed E-state index contributed by atoms with van der Waals surface area (Å²) in [6.07, 6.45) is 4.88. The molecular weight excluding hydrogens is 332 g/mol. The van der Waals surface area contributed by atoms with E-state index in [1.165, 1.54) is 13.2 Å². The molecule has 3 rings (SSSR count). The van der Waals surface area contributed by atoms with E-state index in [0.29, 0.717) is 16.3 Å².